The highest BCUT2D eigenvalue weighted by molar-refractivity contribution is 7.87. The zero-order valence-electron chi connectivity index (χ0n) is 5.86. The molecule has 0 bridgehead atoms. The quantitative estimate of drug-likeness (QED) is 0.686. The van der Waals surface area contributed by atoms with Gasteiger partial charge in [0.25, 0.3) is 0 Å². The van der Waals surface area contributed by atoms with E-state index >= 15 is 0 Å². The molecule has 0 aliphatic rings. The van der Waals surface area contributed by atoms with Gasteiger partial charge in [-0.25, -0.2) is 4.39 Å². The van der Waals surface area contributed by atoms with Gasteiger partial charge in [0.2, 0.25) is 0 Å². The van der Waals surface area contributed by atoms with E-state index in [0.717, 1.165) is 12.1 Å². The van der Waals surface area contributed by atoms with Crippen LogP contribution in [0.2, 0.25) is 0 Å². The van der Waals surface area contributed by atoms with E-state index in [-0.39, 0.29) is 5.69 Å². The maximum atomic E-state index is 12.3. The summed E-state index contributed by atoms with van der Waals surface area (Å²) in [5.74, 6) is -0.476. The van der Waals surface area contributed by atoms with E-state index in [1.54, 1.807) is 4.72 Å². The van der Waals surface area contributed by atoms with Gasteiger partial charge in [-0.1, -0.05) is 0 Å². The first kappa shape index (κ1) is 8.95. The molecule has 0 atom stereocenters. The molecule has 12 heavy (non-hydrogen) atoms. The van der Waals surface area contributed by atoms with Crippen molar-refractivity contribution in [3.05, 3.63) is 30.1 Å². The van der Waals surface area contributed by atoms with E-state index in [4.69, 9.17) is 4.55 Å². The molecule has 0 aliphatic heterocycles. The fourth-order valence-corrected chi connectivity index (χ4v) is 1.10. The molecule has 2 N–H and O–H groups in total. The van der Waals surface area contributed by atoms with Crippen molar-refractivity contribution in [2.75, 3.05) is 4.72 Å². The van der Waals surface area contributed by atoms with Crippen LogP contribution in [-0.2, 0) is 10.3 Å². The fraction of sp³-hybridized carbons (Fsp3) is 0. The summed E-state index contributed by atoms with van der Waals surface area (Å²) in [5.41, 5.74) is 0.110. The van der Waals surface area contributed by atoms with E-state index in [2.05, 4.69) is 0 Å². The highest BCUT2D eigenvalue weighted by atomic mass is 32.2. The van der Waals surface area contributed by atoms with Gasteiger partial charge < -0.3 is 0 Å². The van der Waals surface area contributed by atoms with Gasteiger partial charge >= 0.3 is 10.3 Å². The largest absolute Gasteiger partial charge is 0.357 e. The molecule has 0 unspecified atom stereocenters. The lowest BCUT2D eigenvalue weighted by Gasteiger charge is -2.00. The maximum Gasteiger partial charge on any atom is 0.357 e. The molecule has 0 fully saturated rings. The highest BCUT2D eigenvalue weighted by Gasteiger charge is 2.02. The lowest BCUT2D eigenvalue weighted by molar-refractivity contribution is 0.489. The zero-order chi connectivity index (χ0) is 9.19. The van der Waals surface area contributed by atoms with Gasteiger partial charge in [-0.05, 0) is 24.3 Å². The normalized spacial score (nSPS) is 11.2. The molecule has 1 rings (SSSR count). The lowest BCUT2D eigenvalue weighted by atomic mass is 10.3. The van der Waals surface area contributed by atoms with Gasteiger partial charge in [0.15, 0.2) is 0 Å². The monoisotopic (exact) mass is 191 g/mol. The molecule has 0 radical (unpaired) electrons. The average molecular weight is 191 g/mol. The predicted molar refractivity (Wildman–Crippen MR) is 41.6 cm³/mol. The van der Waals surface area contributed by atoms with Crippen molar-refractivity contribution < 1.29 is 17.4 Å². The fourth-order valence-electron chi connectivity index (χ4n) is 0.667. The average Bonchev–Trinajstić information content (AvgIpc) is 1.91. The Morgan fingerprint density at radius 3 is 2.17 bits per heavy atom. The first-order valence-corrected chi connectivity index (χ1v) is 4.42. The van der Waals surface area contributed by atoms with Crippen molar-refractivity contribution in [1.82, 2.24) is 0 Å². The van der Waals surface area contributed by atoms with Crippen LogP contribution in [0.5, 0.6) is 0 Å². The van der Waals surface area contributed by atoms with Crippen molar-refractivity contribution >= 4 is 16.0 Å². The first-order valence-electron chi connectivity index (χ1n) is 2.98. The van der Waals surface area contributed by atoms with Crippen molar-refractivity contribution in [2.45, 2.75) is 0 Å². The van der Waals surface area contributed by atoms with Crippen molar-refractivity contribution in [3.63, 3.8) is 0 Å². The first-order chi connectivity index (χ1) is 5.47. The number of anilines is 1. The van der Waals surface area contributed by atoms with Crippen LogP contribution in [0.3, 0.4) is 0 Å². The summed E-state index contributed by atoms with van der Waals surface area (Å²) in [4.78, 5) is 0. The Morgan fingerprint density at radius 1 is 1.25 bits per heavy atom. The summed E-state index contributed by atoms with van der Waals surface area (Å²) in [6.07, 6.45) is 0. The maximum absolute atomic E-state index is 12.3. The minimum Gasteiger partial charge on any atom is -0.269 e. The molecular weight excluding hydrogens is 185 g/mol. The number of rotatable bonds is 2. The van der Waals surface area contributed by atoms with Crippen LogP contribution in [0.15, 0.2) is 24.3 Å². The van der Waals surface area contributed by atoms with E-state index in [1.807, 2.05) is 0 Å². The Bertz CT molecular complexity index is 359. The summed E-state index contributed by atoms with van der Waals surface area (Å²) in [5, 5.41) is 0. The van der Waals surface area contributed by atoms with Gasteiger partial charge in [-0.15, -0.1) is 0 Å². The Morgan fingerprint density at radius 2 is 1.75 bits per heavy atom. The molecule has 1 aromatic rings. The number of nitrogens with one attached hydrogen (secondary N) is 1. The van der Waals surface area contributed by atoms with E-state index in [0.29, 0.717) is 0 Å². The lowest BCUT2D eigenvalue weighted by Crippen LogP contribution is -2.09. The van der Waals surface area contributed by atoms with Crippen LogP contribution in [0, 0.1) is 5.82 Å². The second-order valence-electron chi connectivity index (χ2n) is 2.08. The molecule has 1 aromatic carbocycles. The molecule has 4 nitrogen and oxygen atoms in total. The smallest absolute Gasteiger partial charge is 0.269 e. The SMILES string of the molecule is O=S(=O)(O)Nc1ccc(F)cc1. The van der Waals surface area contributed by atoms with E-state index in [9.17, 15) is 12.8 Å². The molecule has 0 saturated heterocycles. The minimum absolute atomic E-state index is 0.110. The second-order valence-corrected chi connectivity index (χ2v) is 3.24. The molecule has 66 valence electrons. The Kier molecular flexibility index (Phi) is 2.30. The zero-order valence-corrected chi connectivity index (χ0v) is 6.68. The summed E-state index contributed by atoms with van der Waals surface area (Å²) < 4.78 is 42.8. The van der Waals surface area contributed by atoms with Crippen LogP contribution in [0.25, 0.3) is 0 Å². The van der Waals surface area contributed by atoms with Crippen molar-refractivity contribution in [3.8, 4) is 0 Å². The van der Waals surface area contributed by atoms with Crippen LogP contribution in [0.1, 0.15) is 0 Å². The van der Waals surface area contributed by atoms with Gasteiger partial charge in [0.1, 0.15) is 5.82 Å². The molecule has 0 saturated carbocycles. The number of hydrogen-bond acceptors (Lipinski definition) is 2. The summed E-state index contributed by atoms with van der Waals surface area (Å²) >= 11 is 0. The summed E-state index contributed by atoms with van der Waals surface area (Å²) in [6.45, 7) is 0. The van der Waals surface area contributed by atoms with Gasteiger partial charge in [0.05, 0.1) is 5.69 Å². The van der Waals surface area contributed by atoms with Gasteiger partial charge in [-0.2, -0.15) is 8.42 Å². The topological polar surface area (TPSA) is 66.4 Å². The third-order valence-electron chi connectivity index (χ3n) is 1.09. The molecule has 0 heterocycles. The van der Waals surface area contributed by atoms with Crippen molar-refractivity contribution in [1.29, 1.82) is 0 Å². The molecule has 6 heteroatoms. The third-order valence-corrected chi connectivity index (χ3v) is 1.58. The van der Waals surface area contributed by atoms with Crippen LogP contribution >= 0.6 is 0 Å². The van der Waals surface area contributed by atoms with Crippen LogP contribution < -0.4 is 4.72 Å². The van der Waals surface area contributed by atoms with E-state index < -0.39 is 16.1 Å². The Hall–Kier alpha value is -1.14. The highest BCUT2D eigenvalue weighted by Crippen LogP contribution is 2.08. The third kappa shape index (κ3) is 2.85. The molecule has 0 aliphatic carbocycles. The van der Waals surface area contributed by atoms with E-state index in [1.165, 1.54) is 12.1 Å². The molecule has 0 aromatic heterocycles. The Balaban J connectivity index is 2.85. The Labute approximate surface area is 68.9 Å². The molecular formula is C6H6FNO3S. The number of benzene rings is 1. The number of halogens is 1. The predicted octanol–water partition coefficient (Wildman–Crippen LogP) is 1.04. The minimum atomic E-state index is -4.26. The standard InChI is InChI=1S/C6H6FNO3S/c7-5-1-3-6(4-2-5)8-12(9,10)11/h1-4,8H,(H,9,10,11). The summed E-state index contributed by atoms with van der Waals surface area (Å²) in [6, 6.07) is 4.55. The van der Waals surface area contributed by atoms with Crippen LogP contribution in [-0.4, -0.2) is 13.0 Å². The van der Waals surface area contributed by atoms with Gasteiger partial charge in [0, 0.05) is 0 Å². The number of hydrogen-bond donors (Lipinski definition) is 2. The summed E-state index contributed by atoms with van der Waals surface area (Å²) in [7, 11) is -4.26. The molecule has 0 amide bonds. The van der Waals surface area contributed by atoms with Gasteiger partial charge in [-0.3, -0.25) is 9.27 Å². The second kappa shape index (κ2) is 3.08. The molecule has 0 spiro atoms. The van der Waals surface area contributed by atoms with Crippen LogP contribution in [0.4, 0.5) is 10.1 Å². The van der Waals surface area contributed by atoms with Crippen molar-refractivity contribution in [2.24, 2.45) is 0 Å².